The summed E-state index contributed by atoms with van der Waals surface area (Å²) in [6, 6.07) is 9.76. The highest BCUT2D eigenvalue weighted by atomic mass is 79.9. The van der Waals surface area contributed by atoms with E-state index in [4.69, 9.17) is 28.6 Å². The Balaban J connectivity index is 1.84. The van der Waals surface area contributed by atoms with Gasteiger partial charge in [-0.1, -0.05) is 35.5 Å². The van der Waals surface area contributed by atoms with Crippen LogP contribution < -0.4 is 10.2 Å². The van der Waals surface area contributed by atoms with Crippen LogP contribution in [0.3, 0.4) is 0 Å². The summed E-state index contributed by atoms with van der Waals surface area (Å²) in [5.41, 5.74) is 3.34. The predicted octanol–water partition coefficient (Wildman–Crippen LogP) is 4.75. The van der Waals surface area contributed by atoms with Gasteiger partial charge in [0.1, 0.15) is 0 Å². The standard InChI is InChI=1S/C19H14BrClN2O4S2/c1-2-27-14-8-10(7-12(20)16(14)24)9-15-18(26)23(19(28)29-15)22-17(25)11-5-3-4-6-13(11)21/h3-9,24H,2H2,1H3,(H,22,25)/b15-9-. The number of halogens is 2. The number of hydrogen-bond donors (Lipinski definition) is 2. The lowest BCUT2D eigenvalue weighted by Gasteiger charge is -2.16. The second-order valence-corrected chi connectivity index (χ2v) is 8.66. The van der Waals surface area contributed by atoms with Gasteiger partial charge in [0.25, 0.3) is 11.8 Å². The number of thioether (sulfide) groups is 1. The summed E-state index contributed by atoms with van der Waals surface area (Å²) < 4.78 is 6.01. The zero-order valence-corrected chi connectivity index (χ0v) is 18.9. The number of carbonyl (C=O) groups excluding carboxylic acids is 2. The smallest absolute Gasteiger partial charge is 0.285 e. The molecule has 1 aliphatic heterocycles. The molecule has 2 aromatic rings. The lowest BCUT2D eigenvalue weighted by Crippen LogP contribution is -2.44. The third-order valence-electron chi connectivity index (χ3n) is 3.77. The molecule has 1 heterocycles. The molecule has 0 radical (unpaired) electrons. The van der Waals surface area contributed by atoms with E-state index in [9.17, 15) is 14.7 Å². The van der Waals surface area contributed by atoms with Gasteiger partial charge >= 0.3 is 0 Å². The quantitative estimate of drug-likeness (QED) is 0.444. The normalized spacial score (nSPS) is 15.1. The van der Waals surface area contributed by atoms with Gasteiger partial charge in [-0.15, -0.1) is 0 Å². The van der Waals surface area contributed by atoms with E-state index >= 15 is 0 Å². The molecule has 10 heteroatoms. The van der Waals surface area contributed by atoms with E-state index in [0.717, 1.165) is 16.8 Å². The number of carbonyl (C=O) groups is 2. The third kappa shape index (κ3) is 4.75. The highest BCUT2D eigenvalue weighted by molar-refractivity contribution is 9.10. The number of phenols is 1. The van der Waals surface area contributed by atoms with Crippen LogP contribution in [-0.2, 0) is 4.79 Å². The molecule has 1 aliphatic rings. The van der Waals surface area contributed by atoms with Crippen molar-refractivity contribution >= 4 is 73.7 Å². The van der Waals surface area contributed by atoms with Crippen molar-refractivity contribution in [1.82, 2.24) is 10.4 Å². The molecule has 0 saturated carbocycles. The fourth-order valence-corrected chi connectivity index (χ4v) is 4.33. The van der Waals surface area contributed by atoms with Crippen molar-refractivity contribution in [2.45, 2.75) is 6.92 Å². The molecule has 150 valence electrons. The van der Waals surface area contributed by atoms with Crippen molar-refractivity contribution in [3.05, 3.63) is 61.9 Å². The molecule has 1 saturated heterocycles. The molecule has 1 fully saturated rings. The molecule has 0 spiro atoms. The van der Waals surface area contributed by atoms with Crippen LogP contribution in [0.1, 0.15) is 22.8 Å². The van der Waals surface area contributed by atoms with Gasteiger partial charge < -0.3 is 9.84 Å². The highest BCUT2D eigenvalue weighted by Crippen LogP contribution is 2.38. The maximum atomic E-state index is 12.7. The second kappa shape index (κ2) is 9.17. The lowest BCUT2D eigenvalue weighted by atomic mass is 10.2. The largest absolute Gasteiger partial charge is 0.503 e. The fourth-order valence-electron chi connectivity index (χ4n) is 2.47. The van der Waals surface area contributed by atoms with Crippen LogP contribution >= 0.6 is 51.5 Å². The molecule has 2 aromatic carbocycles. The van der Waals surface area contributed by atoms with Crippen LogP contribution in [0.25, 0.3) is 6.08 Å². The number of benzene rings is 2. The Morgan fingerprint density at radius 1 is 1.41 bits per heavy atom. The van der Waals surface area contributed by atoms with E-state index in [0.29, 0.717) is 21.5 Å². The predicted molar refractivity (Wildman–Crippen MR) is 121 cm³/mol. The third-order valence-corrected chi connectivity index (χ3v) is 6.01. The first kappa shape index (κ1) is 21.6. The van der Waals surface area contributed by atoms with Crippen LogP contribution in [0.5, 0.6) is 11.5 Å². The van der Waals surface area contributed by atoms with E-state index in [1.165, 1.54) is 0 Å². The summed E-state index contributed by atoms with van der Waals surface area (Å²) in [6.07, 6.45) is 1.60. The van der Waals surface area contributed by atoms with Crippen LogP contribution in [0.15, 0.2) is 45.8 Å². The minimum atomic E-state index is -0.542. The summed E-state index contributed by atoms with van der Waals surface area (Å²) in [5.74, 6) is -0.749. The Morgan fingerprint density at radius 2 is 2.14 bits per heavy atom. The molecular weight excluding hydrogens is 500 g/mol. The number of phenolic OH excluding ortho intramolecular Hbond substituents is 1. The summed E-state index contributed by atoms with van der Waals surface area (Å²) >= 11 is 15.6. The Labute approximate surface area is 190 Å². The van der Waals surface area contributed by atoms with Gasteiger partial charge in [-0.25, -0.2) is 0 Å². The van der Waals surface area contributed by atoms with Gasteiger partial charge in [-0.2, -0.15) is 5.01 Å². The zero-order chi connectivity index (χ0) is 21.1. The summed E-state index contributed by atoms with van der Waals surface area (Å²) in [5, 5.41) is 11.3. The Bertz CT molecular complexity index is 1040. The Morgan fingerprint density at radius 3 is 2.83 bits per heavy atom. The average molecular weight is 514 g/mol. The Kier molecular flexibility index (Phi) is 6.84. The molecule has 6 nitrogen and oxygen atoms in total. The number of thiocarbonyl (C=S) groups is 1. The summed E-state index contributed by atoms with van der Waals surface area (Å²) in [4.78, 5) is 25.5. The molecule has 0 aromatic heterocycles. The molecule has 29 heavy (non-hydrogen) atoms. The van der Waals surface area contributed by atoms with Crippen molar-refractivity contribution in [3.8, 4) is 11.5 Å². The number of nitrogens with zero attached hydrogens (tertiary/aromatic N) is 1. The number of aromatic hydroxyl groups is 1. The molecule has 2 N–H and O–H groups in total. The van der Waals surface area contributed by atoms with Gasteiger partial charge in [0.15, 0.2) is 15.8 Å². The maximum absolute atomic E-state index is 12.7. The summed E-state index contributed by atoms with van der Waals surface area (Å²) in [7, 11) is 0. The first-order valence-corrected chi connectivity index (χ1v) is 10.7. The Hall–Kier alpha value is -2.07. The van der Waals surface area contributed by atoms with Gasteiger partial charge in [0, 0.05) is 0 Å². The fraction of sp³-hybridized carbons (Fsp3) is 0.105. The lowest BCUT2D eigenvalue weighted by molar-refractivity contribution is -0.123. The van der Waals surface area contributed by atoms with Gasteiger partial charge in [-0.05, 0) is 71.0 Å². The number of hydrazine groups is 1. The topological polar surface area (TPSA) is 78.9 Å². The maximum Gasteiger partial charge on any atom is 0.285 e. The monoisotopic (exact) mass is 512 g/mol. The van der Waals surface area contributed by atoms with Crippen LogP contribution in [0.4, 0.5) is 0 Å². The van der Waals surface area contributed by atoms with Crippen molar-refractivity contribution < 1.29 is 19.4 Å². The highest BCUT2D eigenvalue weighted by Gasteiger charge is 2.34. The number of rotatable bonds is 5. The number of ether oxygens (including phenoxy) is 1. The second-order valence-electron chi connectivity index (χ2n) is 5.72. The molecular formula is C19H14BrClN2O4S2. The van der Waals surface area contributed by atoms with Gasteiger partial charge in [0.2, 0.25) is 0 Å². The van der Waals surface area contributed by atoms with Crippen molar-refractivity contribution in [2.75, 3.05) is 6.61 Å². The first-order valence-electron chi connectivity index (χ1n) is 8.30. The molecule has 0 aliphatic carbocycles. The number of nitrogens with one attached hydrogen (secondary N) is 1. The van der Waals surface area contributed by atoms with Crippen molar-refractivity contribution in [3.63, 3.8) is 0 Å². The van der Waals surface area contributed by atoms with Crippen molar-refractivity contribution in [2.24, 2.45) is 0 Å². The molecule has 0 atom stereocenters. The van der Waals surface area contributed by atoms with E-state index in [1.54, 1.807) is 49.4 Å². The minimum Gasteiger partial charge on any atom is -0.503 e. The zero-order valence-electron chi connectivity index (χ0n) is 14.9. The molecule has 3 rings (SSSR count). The van der Waals surface area contributed by atoms with Crippen LogP contribution in [-0.4, -0.2) is 32.9 Å². The van der Waals surface area contributed by atoms with Gasteiger partial charge in [0.05, 0.1) is 26.6 Å². The molecule has 0 bridgehead atoms. The molecule has 2 amide bonds. The van der Waals surface area contributed by atoms with Crippen LogP contribution in [0.2, 0.25) is 5.02 Å². The first-order chi connectivity index (χ1) is 13.8. The SMILES string of the molecule is CCOc1cc(/C=C2\SC(=S)N(NC(=O)c3ccccc3Cl)C2=O)cc(Br)c1O. The minimum absolute atomic E-state index is 0.0245. The number of hydrogen-bond acceptors (Lipinski definition) is 6. The van der Waals surface area contributed by atoms with E-state index in [2.05, 4.69) is 21.4 Å². The van der Waals surface area contributed by atoms with E-state index in [1.807, 2.05) is 0 Å². The summed E-state index contributed by atoms with van der Waals surface area (Å²) in [6.45, 7) is 2.17. The van der Waals surface area contributed by atoms with E-state index in [-0.39, 0.29) is 26.4 Å². The van der Waals surface area contributed by atoms with E-state index < -0.39 is 11.8 Å². The number of amides is 2. The molecule has 0 unspecified atom stereocenters. The van der Waals surface area contributed by atoms with Crippen molar-refractivity contribution in [1.29, 1.82) is 0 Å². The van der Waals surface area contributed by atoms with Gasteiger partial charge in [-0.3, -0.25) is 15.0 Å². The average Bonchev–Trinajstić information content (AvgIpc) is 2.93. The van der Waals surface area contributed by atoms with Crippen LogP contribution in [0, 0.1) is 0 Å².